The number of amides is 1. The number of rotatable bonds is 5. The second kappa shape index (κ2) is 7.78. The fourth-order valence-corrected chi connectivity index (χ4v) is 6.12. The molecule has 2 aliphatic rings. The molecule has 2 aromatic heterocycles. The molecule has 2 aromatic rings. The molecule has 9 heteroatoms. The first-order chi connectivity index (χ1) is 13.8. The van der Waals surface area contributed by atoms with Gasteiger partial charge in [0, 0.05) is 24.0 Å². The van der Waals surface area contributed by atoms with E-state index in [1.807, 2.05) is 19.1 Å². The summed E-state index contributed by atoms with van der Waals surface area (Å²) in [6, 6.07) is 5.25. The molecule has 156 valence electrons. The topological polar surface area (TPSA) is 98.0 Å². The van der Waals surface area contributed by atoms with Crippen LogP contribution in [0.5, 0.6) is 0 Å². The molecule has 0 bridgehead atoms. The zero-order valence-electron chi connectivity index (χ0n) is 16.4. The van der Waals surface area contributed by atoms with Crippen LogP contribution in [0.25, 0.3) is 5.65 Å². The molecule has 1 aliphatic heterocycles. The summed E-state index contributed by atoms with van der Waals surface area (Å²) >= 11 is 0. The van der Waals surface area contributed by atoms with E-state index in [1.54, 1.807) is 21.6 Å². The summed E-state index contributed by atoms with van der Waals surface area (Å²) in [6.45, 7) is 1.50. The number of fused-ring (bicyclic) bond motifs is 1. The summed E-state index contributed by atoms with van der Waals surface area (Å²) in [5.74, 6) is -0.886. The molecule has 8 nitrogen and oxygen atoms in total. The maximum absolute atomic E-state index is 12.9. The zero-order chi connectivity index (χ0) is 20.6. The number of hydrogen-bond acceptors (Lipinski definition) is 6. The van der Waals surface area contributed by atoms with Crippen molar-refractivity contribution in [2.24, 2.45) is 0 Å². The van der Waals surface area contributed by atoms with Crippen LogP contribution in [0, 0.1) is 6.92 Å². The first-order valence-electron chi connectivity index (χ1n) is 9.97. The third-order valence-electron chi connectivity index (χ3n) is 5.84. The fraction of sp³-hybridized carbons (Fsp3) is 0.550. The highest BCUT2D eigenvalue weighted by molar-refractivity contribution is 7.91. The van der Waals surface area contributed by atoms with Gasteiger partial charge < -0.3 is 14.0 Å². The van der Waals surface area contributed by atoms with E-state index in [9.17, 15) is 18.0 Å². The van der Waals surface area contributed by atoms with Crippen molar-refractivity contribution in [3.8, 4) is 0 Å². The van der Waals surface area contributed by atoms with Gasteiger partial charge in [0.25, 0.3) is 5.91 Å². The van der Waals surface area contributed by atoms with Crippen molar-refractivity contribution >= 4 is 27.4 Å². The van der Waals surface area contributed by atoms with E-state index in [-0.39, 0.29) is 35.2 Å². The minimum atomic E-state index is -3.11. The van der Waals surface area contributed by atoms with Crippen LogP contribution in [0.3, 0.4) is 0 Å². The largest absolute Gasteiger partial charge is 0.451 e. The van der Waals surface area contributed by atoms with Gasteiger partial charge in [-0.25, -0.2) is 18.2 Å². The molecule has 1 atom stereocenters. The maximum atomic E-state index is 12.9. The summed E-state index contributed by atoms with van der Waals surface area (Å²) in [4.78, 5) is 31.3. The lowest BCUT2D eigenvalue weighted by Gasteiger charge is -2.33. The number of carbonyl (C=O) groups is 2. The normalized spacial score (nSPS) is 21.5. The zero-order valence-corrected chi connectivity index (χ0v) is 17.2. The van der Waals surface area contributed by atoms with Crippen molar-refractivity contribution in [3.05, 3.63) is 35.8 Å². The number of hydrogen-bond donors (Lipinski definition) is 0. The Labute approximate surface area is 169 Å². The van der Waals surface area contributed by atoms with Crippen molar-refractivity contribution in [2.45, 2.75) is 51.1 Å². The van der Waals surface area contributed by atoms with Gasteiger partial charge >= 0.3 is 5.97 Å². The Morgan fingerprint density at radius 1 is 1.21 bits per heavy atom. The molecular formula is C20H25N3O5S. The van der Waals surface area contributed by atoms with Crippen LogP contribution in [-0.4, -0.2) is 64.8 Å². The summed E-state index contributed by atoms with van der Waals surface area (Å²) < 4.78 is 30.9. The third kappa shape index (κ3) is 4.14. The third-order valence-corrected chi connectivity index (χ3v) is 7.59. The van der Waals surface area contributed by atoms with Crippen LogP contribution in [0.15, 0.2) is 24.4 Å². The molecule has 2 fully saturated rings. The number of ether oxygens (including phenoxy) is 1. The molecule has 0 aromatic carbocycles. The van der Waals surface area contributed by atoms with Gasteiger partial charge in [0.05, 0.1) is 11.5 Å². The molecule has 0 radical (unpaired) electrons. The summed E-state index contributed by atoms with van der Waals surface area (Å²) in [5.41, 5.74) is 1.70. The lowest BCUT2D eigenvalue weighted by atomic mass is 10.1. The first kappa shape index (κ1) is 19.9. The Kier molecular flexibility index (Phi) is 5.33. The van der Waals surface area contributed by atoms with E-state index in [0.29, 0.717) is 12.1 Å². The molecule has 0 N–H and O–H groups in total. The highest BCUT2D eigenvalue weighted by Crippen LogP contribution is 2.29. The Hall–Kier alpha value is -2.42. The van der Waals surface area contributed by atoms with E-state index in [1.165, 1.54) is 0 Å². The van der Waals surface area contributed by atoms with Crippen LogP contribution in [0.1, 0.15) is 48.3 Å². The first-order valence-corrected chi connectivity index (χ1v) is 11.8. The van der Waals surface area contributed by atoms with Gasteiger partial charge in [-0.05, 0) is 38.3 Å². The maximum Gasteiger partial charge on any atom is 0.359 e. The molecular weight excluding hydrogens is 394 g/mol. The van der Waals surface area contributed by atoms with Crippen LogP contribution >= 0.6 is 0 Å². The number of sulfone groups is 1. The standard InChI is InChI=1S/C20H25N3O5S/c1-14-5-4-8-18-21-17(11-22(14)18)20(25)28-12-19(24)23(15-6-2-3-7-15)16-9-10-29(26,27)13-16/h4-5,8,11,15-16H,2-3,6-7,9-10,12-13H2,1H3. The quantitative estimate of drug-likeness (QED) is 0.685. The van der Waals surface area contributed by atoms with Gasteiger partial charge in [-0.2, -0.15) is 0 Å². The number of aryl methyl sites for hydroxylation is 1. The second-order valence-electron chi connectivity index (χ2n) is 7.89. The van der Waals surface area contributed by atoms with E-state index in [4.69, 9.17) is 4.74 Å². The number of nitrogens with zero attached hydrogens (tertiary/aromatic N) is 3. The van der Waals surface area contributed by atoms with E-state index in [2.05, 4.69) is 4.98 Å². The molecule has 1 saturated heterocycles. The summed E-state index contributed by atoms with van der Waals surface area (Å²) in [5, 5.41) is 0. The minimum absolute atomic E-state index is 0.00506. The molecule has 1 aliphatic carbocycles. The van der Waals surface area contributed by atoms with Crippen molar-refractivity contribution < 1.29 is 22.7 Å². The highest BCUT2D eigenvalue weighted by atomic mass is 32.2. The molecule has 1 saturated carbocycles. The molecule has 1 unspecified atom stereocenters. The molecule has 4 rings (SSSR count). The van der Waals surface area contributed by atoms with Crippen LogP contribution < -0.4 is 0 Å². The van der Waals surface area contributed by atoms with Crippen molar-refractivity contribution in [1.29, 1.82) is 0 Å². The van der Waals surface area contributed by atoms with Crippen molar-refractivity contribution in [3.63, 3.8) is 0 Å². The van der Waals surface area contributed by atoms with Crippen molar-refractivity contribution in [1.82, 2.24) is 14.3 Å². The van der Waals surface area contributed by atoms with Gasteiger partial charge in [0.15, 0.2) is 22.1 Å². The smallest absolute Gasteiger partial charge is 0.359 e. The van der Waals surface area contributed by atoms with Gasteiger partial charge in [-0.1, -0.05) is 18.9 Å². The minimum Gasteiger partial charge on any atom is -0.451 e. The van der Waals surface area contributed by atoms with E-state index < -0.39 is 22.4 Å². The lowest BCUT2D eigenvalue weighted by Crippen LogP contribution is -2.48. The fourth-order valence-electron chi connectivity index (χ4n) is 4.41. The SMILES string of the molecule is Cc1cccc2nc(C(=O)OCC(=O)N(C3CCCC3)C3CCS(=O)(=O)C3)cn12. The van der Waals surface area contributed by atoms with E-state index in [0.717, 1.165) is 31.4 Å². The monoisotopic (exact) mass is 419 g/mol. The molecule has 29 heavy (non-hydrogen) atoms. The van der Waals surface area contributed by atoms with Crippen LogP contribution in [-0.2, 0) is 19.4 Å². The predicted molar refractivity (Wildman–Crippen MR) is 106 cm³/mol. The Balaban J connectivity index is 1.45. The number of aromatic nitrogens is 2. The number of esters is 1. The molecule has 1 amide bonds. The van der Waals surface area contributed by atoms with E-state index >= 15 is 0 Å². The van der Waals surface area contributed by atoms with Crippen LogP contribution in [0.2, 0.25) is 0 Å². The highest BCUT2D eigenvalue weighted by Gasteiger charge is 2.39. The molecule has 3 heterocycles. The van der Waals surface area contributed by atoms with Gasteiger partial charge in [0.1, 0.15) is 5.65 Å². The van der Waals surface area contributed by atoms with Gasteiger partial charge in [-0.3, -0.25) is 4.79 Å². The Morgan fingerprint density at radius 3 is 2.62 bits per heavy atom. The summed E-state index contributed by atoms with van der Waals surface area (Å²) in [7, 11) is -3.11. The van der Waals surface area contributed by atoms with Crippen LogP contribution in [0.4, 0.5) is 0 Å². The Bertz CT molecular complexity index is 1040. The predicted octanol–water partition coefficient (Wildman–Crippen LogP) is 1.76. The average Bonchev–Trinajstić information content (AvgIpc) is 3.40. The van der Waals surface area contributed by atoms with Crippen molar-refractivity contribution in [2.75, 3.05) is 18.1 Å². The van der Waals surface area contributed by atoms with Gasteiger partial charge in [0.2, 0.25) is 0 Å². The number of pyridine rings is 1. The average molecular weight is 420 g/mol. The lowest BCUT2D eigenvalue weighted by molar-refractivity contribution is -0.139. The van der Waals surface area contributed by atoms with Gasteiger partial charge in [-0.15, -0.1) is 0 Å². The summed E-state index contributed by atoms with van der Waals surface area (Å²) in [6.07, 6.45) is 5.81. The molecule has 0 spiro atoms. The second-order valence-corrected chi connectivity index (χ2v) is 10.1. The number of imidazole rings is 1. The number of carbonyl (C=O) groups excluding carboxylic acids is 2. The Morgan fingerprint density at radius 2 is 1.97 bits per heavy atom.